The van der Waals surface area contributed by atoms with E-state index in [9.17, 15) is 19.2 Å². The number of carbonyl (C=O) groups excluding carboxylic acids is 4. The fourth-order valence-electron chi connectivity index (χ4n) is 3.24. The third kappa shape index (κ3) is 2.61. The number of hydrogen-bond acceptors (Lipinski definition) is 6. The number of amides is 4. The molecule has 4 amide bonds. The Balaban J connectivity index is 1.85. The molecule has 2 heterocycles. The molecule has 4 rings (SSSR count). The van der Waals surface area contributed by atoms with E-state index in [1.165, 1.54) is 14.0 Å². The molecule has 2 aliphatic rings. The number of methoxy groups -OCH3 is 1. The Kier molecular flexibility index (Phi) is 4.27. The van der Waals surface area contributed by atoms with Gasteiger partial charge in [0.15, 0.2) is 0 Å². The molecule has 2 aromatic carbocycles. The van der Waals surface area contributed by atoms with Gasteiger partial charge in [0.1, 0.15) is 5.75 Å². The molecule has 7 nitrogen and oxygen atoms in total. The van der Waals surface area contributed by atoms with E-state index in [0.717, 1.165) is 9.80 Å². The second kappa shape index (κ2) is 6.65. The molecule has 0 aliphatic carbocycles. The maximum Gasteiger partial charge on any atom is 0.298 e. The third-order valence-corrected chi connectivity index (χ3v) is 5.39. The molecular weight excluding hydrogens is 380 g/mol. The molecule has 1 fully saturated rings. The number of hydrogen-bond donors (Lipinski definition) is 0. The maximum atomic E-state index is 13.1. The first-order valence-corrected chi connectivity index (χ1v) is 9.14. The van der Waals surface area contributed by atoms with Gasteiger partial charge in [-0.05, 0) is 30.0 Å². The first-order valence-electron chi connectivity index (χ1n) is 8.33. The predicted molar refractivity (Wildman–Crippen MR) is 105 cm³/mol. The topological polar surface area (TPSA) is 84.0 Å². The second-order valence-electron chi connectivity index (χ2n) is 6.09. The van der Waals surface area contributed by atoms with Crippen molar-refractivity contribution in [3.63, 3.8) is 0 Å². The van der Waals surface area contributed by atoms with E-state index in [-0.39, 0.29) is 10.5 Å². The summed E-state index contributed by atoms with van der Waals surface area (Å²) < 4.78 is 5.15. The molecule has 0 saturated carbocycles. The Morgan fingerprint density at radius 1 is 1.00 bits per heavy atom. The molecule has 0 unspecified atom stereocenters. The first kappa shape index (κ1) is 18.0. The van der Waals surface area contributed by atoms with Crippen LogP contribution in [0.2, 0.25) is 0 Å². The molecule has 8 heteroatoms. The van der Waals surface area contributed by atoms with Gasteiger partial charge in [0, 0.05) is 18.6 Å². The molecule has 0 aromatic heterocycles. The van der Waals surface area contributed by atoms with Gasteiger partial charge in [0.05, 0.1) is 29.0 Å². The second-order valence-corrected chi connectivity index (χ2v) is 7.05. The van der Waals surface area contributed by atoms with Gasteiger partial charge in [-0.3, -0.25) is 19.2 Å². The first-order chi connectivity index (χ1) is 13.4. The van der Waals surface area contributed by atoms with Crippen molar-refractivity contribution in [2.75, 3.05) is 16.9 Å². The standard InChI is InChI=1S/C20H14N2O5S/c1-11(23)21-15-9-4-3-8-14(15)16(18(21)24)17-19(25)22(20(26)28-17)12-6-5-7-13(10-12)27-2/h3-10H,1-2H3/b17-16-. The van der Waals surface area contributed by atoms with E-state index < -0.39 is 23.0 Å². The zero-order chi connectivity index (χ0) is 20.0. The largest absolute Gasteiger partial charge is 0.497 e. The number of thioether (sulfide) groups is 1. The molecule has 0 radical (unpaired) electrons. The van der Waals surface area contributed by atoms with Crippen LogP contribution in [-0.4, -0.2) is 30.1 Å². The quantitative estimate of drug-likeness (QED) is 0.728. The highest BCUT2D eigenvalue weighted by atomic mass is 32.2. The molecule has 0 bridgehead atoms. The zero-order valence-corrected chi connectivity index (χ0v) is 15.8. The summed E-state index contributed by atoms with van der Waals surface area (Å²) >= 11 is 0.686. The summed E-state index contributed by atoms with van der Waals surface area (Å²) in [6, 6.07) is 13.2. The average molecular weight is 394 g/mol. The van der Waals surface area contributed by atoms with Gasteiger partial charge in [-0.2, -0.15) is 0 Å². The number of carbonyl (C=O) groups is 4. The molecule has 2 aromatic rings. The molecule has 1 saturated heterocycles. The average Bonchev–Trinajstić information content (AvgIpc) is 3.13. The number of fused-ring (bicyclic) bond motifs is 1. The van der Waals surface area contributed by atoms with Crippen LogP contribution in [-0.2, 0) is 14.4 Å². The van der Waals surface area contributed by atoms with Crippen LogP contribution < -0.4 is 14.5 Å². The van der Waals surface area contributed by atoms with Gasteiger partial charge in [-0.15, -0.1) is 0 Å². The number of imide groups is 2. The third-order valence-electron chi connectivity index (χ3n) is 4.45. The van der Waals surface area contributed by atoms with Crippen LogP contribution >= 0.6 is 11.8 Å². The molecular formula is C20H14N2O5S. The molecule has 0 spiro atoms. The summed E-state index contributed by atoms with van der Waals surface area (Å²) in [5.74, 6) is -1.18. The summed E-state index contributed by atoms with van der Waals surface area (Å²) in [6.45, 7) is 1.28. The van der Waals surface area contributed by atoms with Crippen molar-refractivity contribution in [3.8, 4) is 5.75 Å². The minimum Gasteiger partial charge on any atom is -0.497 e. The minimum absolute atomic E-state index is 0.00835. The van der Waals surface area contributed by atoms with Crippen molar-refractivity contribution in [2.24, 2.45) is 0 Å². The predicted octanol–water partition coefficient (Wildman–Crippen LogP) is 3.20. The van der Waals surface area contributed by atoms with Gasteiger partial charge in [-0.1, -0.05) is 24.3 Å². The van der Waals surface area contributed by atoms with E-state index in [2.05, 4.69) is 0 Å². The maximum absolute atomic E-state index is 13.1. The lowest BCUT2D eigenvalue weighted by atomic mass is 10.1. The van der Waals surface area contributed by atoms with Crippen LogP contribution in [0.5, 0.6) is 5.75 Å². The Morgan fingerprint density at radius 3 is 2.46 bits per heavy atom. The van der Waals surface area contributed by atoms with Crippen molar-refractivity contribution in [2.45, 2.75) is 6.92 Å². The van der Waals surface area contributed by atoms with Crippen LogP contribution in [0.1, 0.15) is 12.5 Å². The van der Waals surface area contributed by atoms with E-state index in [1.807, 2.05) is 0 Å². The van der Waals surface area contributed by atoms with Gasteiger partial charge < -0.3 is 4.74 Å². The van der Waals surface area contributed by atoms with Crippen LogP contribution in [0.25, 0.3) is 5.57 Å². The van der Waals surface area contributed by atoms with Crippen molar-refractivity contribution in [3.05, 3.63) is 59.0 Å². The summed E-state index contributed by atoms with van der Waals surface area (Å²) in [5, 5.41) is -0.521. The van der Waals surface area contributed by atoms with Crippen molar-refractivity contribution in [1.82, 2.24) is 0 Å². The van der Waals surface area contributed by atoms with Gasteiger partial charge >= 0.3 is 0 Å². The van der Waals surface area contributed by atoms with E-state index in [4.69, 9.17) is 4.74 Å². The Hall–Kier alpha value is -3.39. The summed E-state index contributed by atoms with van der Waals surface area (Å²) in [6.07, 6.45) is 0. The normalized spacial score (nSPS) is 18.7. The molecule has 0 N–H and O–H groups in total. The fourth-order valence-corrected chi connectivity index (χ4v) is 4.17. The fraction of sp³-hybridized carbons (Fsp3) is 0.100. The molecule has 140 valence electrons. The number of ether oxygens (including phenoxy) is 1. The molecule has 28 heavy (non-hydrogen) atoms. The Labute approximate surface area is 164 Å². The van der Waals surface area contributed by atoms with Gasteiger partial charge in [0.25, 0.3) is 17.1 Å². The summed E-state index contributed by atoms with van der Waals surface area (Å²) in [7, 11) is 1.49. The van der Waals surface area contributed by atoms with Crippen LogP contribution in [0, 0.1) is 0 Å². The van der Waals surface area contributed by atoms with Crippen LogP contribution in [0.15, 0.2) is 53.4 Å². The van der Waals surface area contributed by atoms with Crippen molar-refractivity contribution < 1.29 is 23.9 Å². The van der Waals surface area contributed by atoms with E-state index in [0.29, 0.717) is 34.4 Å². The number of anilines is 2. The van der Waals surface area contributed by atoms with E-state index >= 15 is 0 Å². The minimum atomic E-state index is -0.607. The highest BCUT2D eigenvalue weighted by molar-refractivity contribution is 8.19. The highest BCUT2D eigenvalue weighted by Crippen LogP contribution is 2.45. The Morgan fingerprint density at radius 2 is 1.75 bits per heavy atom. The smallest absolute Gasteiger partial charge is 0.298 e. The van der Waals surface area contributed by atoms with Crippen molar-refractivity contribution >= 4 is 51.7 Å². The zero-order valence-electron chi connectivity index (χ0n) is 15.0. The van der Waals surface area contributed by atoms with Gasteiger partial charge in [-0.25, -0.2) is 9.80 Å². The van der Waals surface area contributed by atoms with Gasteiger partial charge in [0.2, 0.25) is 5.91 Å². The van der Waals surface area contributed by atoms with E-state index in [1.54, 1.807) is 48.5 Å². The highest BCUT2D eigenvalue weighted by Gasteiger charge is 2.45. The number of nitrogens with zero attached hydrogens (tertiary/aromatic N) is 2. The SMILES string of the molecule is COc1cccc(N2C(=O)S/C(=C3\C(=O)N(C(C)=O)c4ccccc43)C2=O)c1. The number of benzene rings is 2. The summed E-state index contributed by atoms with van der Waals surface area (Å²) in [4.78, 5) is 52.6. The molecule has 0 atom stereocenters. The van der Waals surface area contributed by atoms with Crippen LogP contribution in [0.4, 0.5) is 16.2 Å². The molecule has 2 aliphatic heterocycles. The Bertz CT molecular complexity index is 1090. The monoisotopic (exact) mass is 394 g/mol. The lowest BCUT2D eigenvalue weighted by molar-refractivity contribution is -0.122. The summed E-state index contributed by atoms with van der Waals surface area (Å²) in [5.41, 5.74) is 1.28. The lowest BCUT2D eigenvalue weighted by Crippen LogP contribution is -2.32. The van der Waals surface area contributed by atoms with Crippen molar-refractivity contribution in [1.29, 1.82) is 0 Å². The number of rotatable bonds is 2. The van der Waals surface area contributed by atoms with Crippen LogP contribution in [0.3, 0.4) is 0 Å². The number of para-hydroxylation sites is 1. The lowest BCUT2D eigenvalue weighted by Gasteiger charge is -2.13.